The Morgan fingerprint density at radius 1 is 1.31 bits per heavy atom. The Kier molecular flexibility index (Phi) is 4.51. The van der Waals surface area contributed by atoms with Crippen molar-refractivity contribution in [2.24, 2.45) is 5.41 Å². The Morgan fingerprint density at radius 2 is 2.14 bits per heavy atom. The van der Waals surface area contributed by atoms with Gasteiger partial charge >= 0.3 is 6.01 Å². The number of aromatic amines is 1. The molecule has 0 radical (unpaired) electrons. The van der Waals surface area contributed by atoms with Gasteiger partial charge in [-0.1, -0.05) is 11.6 Å². The molecule has 0 amide bonds. The van der Waals surface area contributed by atoms with Gasteiger partial charge in [0.05, 0.1) is 11.5 Å². The van der Waals surface area contributed by atoms with Gasteiger partial charge in [-0.3, -0.25) is 0 Å². The molecule has 8 heteroatoms. The van der Waals surface area contributed by atoms with Crippen molar-refractivity contribution in [3.63, 3.8) is 0 Å². The van der Waals surface area contributed by atoms with Gasteiger partial charge in [0.1, 0.15) is 23.2 Å². The van der Waals surface area contributed by atoms with Crippen molar-refractivity contribution in [3.8, 4) is 12.1 Å². The van der Waals surface area contributed by atoms with E-state index < -0.39 is 0 Å². The highest BCUT2D eigenvalue weighted by Crippen LogP contribution is 2.45. The predicted octanol–water partition coefficient (Wildman–Crippen LogP) is 4.07. The van der Waals surface area contributed by atoms with E-state index in [1.54, 1.807) is 6.07 Å². The molecule has 0 bridgehead atoms. The molecule has 4 heterocycles. The summed E-state index contributed by atoms with van der Waals surface area (Å²) in [5, 5.41) is 10.8. The lowest BCUT2D eigenvalue weighted by Gasteiger charge is -2.32. The van der Waals surface area contributed by atoms with Crippen molar-refractivity contribution in [2.45, 2.75) is 31.6 Å². The van der Waals surface area contributed by atoms with Crippen molar-refractivity contribution in [1.29, 1.82) is 5.26 Å². The second-order valence-electron chi connectivity index (χ2n) is 7.92. The van der Waals surface area contributed by atoms with E-state index in [0.29, 0.717) is 17.7 Å². The molecule has 1 aliphatic carbocycles. The van der Waals surface area contributed by atoms with Gasteiger partial charge in [0.15, 0.2) is 0 Å². The Balaban J connectivity index is 1.27. The second kappa shape index (κ2) is 7.20. The highest BCUT2D eigenvalue weighted by atomic mass is 35.5. The minimum Gasteiger partial charge on any atom is -0.462 e. The zero-order valence-electron chi connectivity index (χ0n) is 15.9. The number of nitrogens with one attached hydrogen (secondary N) is 1. The fourth-order valence-electron chi connectivity index (χ4n) is 3.99. The van der Waals surface area contributed by atoms with Crippen LogP contribution in [0.1, 0.15) is 37.2 Å². The zero-order chi connectivity index (χ0) is 19.8. The molecule has 5 rings (SSSR count). The molecule has 1 N–H and O–H groups in total. The Morgan fingerprint density at radius 3 is 2.90 bits per heavy atom. The van der Waals surface area contributed by atoms with Crippen LogP contribution in [0.2, 0.25) is 5.15 Å². The summed E-state index contributed by atoms with van der Waals surface area (Å²) >= 11 is 6.21. The van der Waals surface area contributed by atoms with Gasteiger partial charge in [0, 0.05) is 36.9 Å². The number of fused-ring (bicyclic) bond motifs is 1. The number of rotatable bonds is 5. The van der Waals surface area contributed by atoms with Gasteiger partial charge in [0.25, 0.3) is 0 Å². The number of nitriles is 1. The molecule has 0 spiro atoms. The molecule has 1 saturated heterocycles. The standard InChI is InChI=1S/C21H21ClN6O/c22-17-10-18(27-20(26-17)29-13-21(12-23)5-6-21)28-8-3-14(4-9-28)16-11-25-19-15(16)2-1-7-24-19/h1-2,7,10-11,14H,3-6,8-9,13H2,(H,24,25). The number of aromatic nitrogens is 4. The number of piperidine rings is 1. The molecule has 0 atom stereocenters. The van der Waals surface area contributed by atoms with Gasteiger partial charge in [-0.15, -0.1) is 0 Å². The molecule has 0 aromatic carbocycles. The van der Waals surface area contributed by atoms with Crippen LogP contribution in [0.25, 0.3) is 11.0 Å². The minimum atomic E-state index is -0.363. The first-order valence-electron chi connectivity index (χ1n) is 9.91. The van der Waals surface area contributed by atoms with E-state index in [2.05, 4.69) is 43.2 Å². The molecular formula is C21H21ClN6O. The molecular weight excluding hydrogens is 388 g/mol. The lowest BCUT2D eigenvalue weighted by Crippen LogP contribution is -2.33. The number of hydrogen-bond donors (Lipinski definition) is 1. The fourth-order valence-corrected chi connectivity index (χ4v) is 4.16. The molecule has 3 aromatic rings. The van der Waals surface area contributed by atoms with Crippen LogP contribution >= 0.6 is 11.6 Å². The van der Waals surface area contributed by atoms with Crippen LogP contribution in [0.15, 0.2) is 30.6 Å². The SMILES string of the molecule is N#CC1(COc2nc(Cl)cc(N3CCC(c4c[nH]c5ncccc45)CC3)n2)CC1. The van der Waals surface area contributed by atoms with E-state index in [0.717, 1.165) is 50.2 Å². The van der Waals surface area contributed by atoms with E-state index in [-0.39, 0.29) is 11.4 Å². The molecule has 29 heavy (non-hydrogen) atoms. The van der Waals surface area contributed by atoms with Crippen LogP contribution in [0.3, 0.4) is 0 Å². The molecule has 2 fully saturated rings. The fraction of sp³-hybridized carbons (Fsp3) is 0.429. The van der Waals surface area contributed by atoms with E-state index in [9.17, 15) is 5.26 Å². The molecule has 148 valence electrons. The number of H-pyrrole nitrogens is 1. The third-order valence-electron chi connectivity index (χ3n) is 5.97. The van der Waals surface area contributed by atoms with Gasteiger partial charge in [-0.2, -0.15) is 15.2 Å². The molecule has 3 aromatic heterocycles. The van der Waals surface area contributed by atoms with Crippen molar-refractivity contribution in [2.75, 3.05) is 24.6 Å². The number of pyridine rings is 1. The highest BCUT2D eigenvalue weighted by molar-refractivity contribution is 6.29. The van der Waals surface area contributed by atoms with Crippen LogP contribution in [0, 0.1) is 16.7 Å². The van der Waals surface area contributed by atoms with Crippen LogP contribution in [0.4, 0.5) is 5.82 Å². The van der Waals surface area contributed by atoms with Crippen molar-refractivity contribution < 1.29 is 4.74 Å². The smallest absolute Gasteiger partial charge is 0.319 e. The summed E-state index contributed by atoms with van der Waals surface area (Å²) in [6, 6.07) is 8.45. The largest absolute Gasteiger partial charge is 0.462 e. The molecule has 1 saturated carbocycles. The van der Waals surface area contributed by atoms with E-state index in [1.807, 2.05) is 12.3 Å². The number of halogens is 1. The van der Waals surface area contributed by atoms with Crippen molar-refractivity contribution in [3.05, 3.63) is 41.3 Å². The maximum Gasteiger partial charge on any atom is 0.319 e. The summed E-state index contributed by atoms with van der Waals surface area (Å²) in [5.41, 5.74) is 1.92. The van der Waals surface area contributed by atoms with Gasteiger partial charge < -0.3 is 14.6 Å². The maximum atomic E-state index is 9.21. The topological polar surface area (TPSA) is 90.7 Å². The molecule has 7 nitrogen and oxygen atoms in total. The van der Waals surface area contributed by atoms with Crippen LogP contribution < -0.4 is 9.64 Å². The van der Waals surface area contributed by atoms with Crippen molar-refractivity contribution in [1.82, 2.24) is 19.9 Å². The minimum absolute atomic E-state index is 0.249. The first-order valence-corrected chi connectivity index (χ1v) is 10.3. The summed E-state index contributed by atoms with van der Waals surface area (Å²) < 4.78 is 5.70. The van der Waals surface area contributed by atoms with Gasteiger partial charge in [-0.05, 0) is 49.3 Å². The predicted molar refractivity (Wildman–Crippen MR) is 110 cm³/mol. The van der Waals surface area contributed by atoms with Crippen LogP contribution in [-0.4, -0.2) is 39.6 Å². The van der Waals surface area contributed by atoms with Crippen molar-refractivity contribution >= 4 is 28.5 Å². The Labute approximate surface area is 173 Å². The average Bonchev–Trinajstić information content (AvgIpc) is 3.42. The molecule has 1 aliphatic heterocycles. The lowest BCUT2D eigenvalue weighted by atomic mass is 9.89. The van der Waals surface area contributed by atoms with E-state index in [4.69, 9.17) is 16.3 Å². The lowest BCUT2D eigenvalue weighted by molar-refractivity contribution is 0.248. The number of hydrogen-bond acceptors (Lipinski definition) is 6. The number of anilines is 1. The maximum absolute atomic E-state index is 9.21. The monoisotopic (exact) mass is 408 g/mol. The average molecular weight is 409 g/mol. The van der Waals surface area contributed by atoms with Crippen LogP contribution in [-0.2, 0) is 0 Å². The third-order valence-corrected chi connectivity index (χ3v) is 6.16. The van der Waals surface area contributed by atoms with Gasteiger partial charge in [-0.25, -0.2) is 4.98 Å². The second-order valence-corrected chi connectivity index (χ2v) is 8.30. The Hall–Kier alpha value is -2.85. The summed E-state index contributed by atoms with van der Waals surface area (Å²) in [7, 11) is 0. The first kappa shape index (κ1) is 18.2. The molecule has 2 aliphatic rings. The first-order chi connectivity index (χ1) is 14.2. The van der Waals surface area contributed by atoms with Crippen LogP contribution in [0.5, 0.6) is 6.01 Å². The zero-order valence-corrected chi connectivity index (χ0v) is 16.7. The van der Waals surface area contributed by atoms with Gasteiger partial charge in [0.2, 0.25) is 0 Å². The third kappa shape index (κ3) is 3.60. The summed E-state index contributed by atoms with van der Waals surface area (Å²) in [4.78, 5) is 18.6. The quantitative estimate of drug-likeness (QED) is 0.640. The normalized spacial score (nSPS) is 18.6. The summed E-state index contributed by atoms with van der Waals surface area (Å²) in [6.45, 7) is 2.08. The Bertz CT molecular complexity index is 1080. The highest BCUT2D eigenvalue weighted by Gasteiger charge is 2.44. The number of nitrogens with zero attached hydrogens (tertiary/aromatic N) is 5. The van der Waals surface area contributed by atoms with E-state index in [1.165, 1.54) is 10.9 Å². The molecule has 0 unspecified atom stereocenters. The summed E-state index contributed by atoms with van der Waals surface area (Å²) in [6.07, 6.45) is 7.69. The summed E-state index contributed by atoms with van der Waals surface area (Å²) in [5.74, 6) is 1.27. The number of ether oxygens (including phenoxy) is 1. The van der Waals surface area contributed by atoms with E-state index >= 15 is 0 Å².